The molecule has 0 saturated carbocycles. The van der Waals surface area contributed by atoms with E-state index in [1.54, 1.807) is 11.0 Å². The summed E-state index contributed by atoms with van der Waals surface area (Å²) < 4.78 is 39.4. The Kier molecular flexibility index (Phi) is 7.74. The maximum atomic E-state index is 13.1. The predicted octanol–water partition coefficient (Wildman–Crippen LogP) is 4.45. The molecule has 2 aromatic carbocycles. The SMILES string of the molecule is Cc1c(Cl)cccc1N=C1SCCN1C(=O)CCCN(C)S(=O)(=O)c1ccc(F)cc1. The molecule has 6 nitrogen and oxygen atoms in total. The van der Waals surface area contributed by atoms with Gasteiger partial charge in [0.25, 0.3) is 0 Å². The number of hydrogen-bond donors (Lipinski definition) is 0. The summed E-state index contributed by atoms with van der Waals surface area (Å²) in [5.41, 5.74) is 1.57. The van der Waals surface area contributed by atoms with E-state index in [9.17, 15) is 17.6 Å². The third-order valence-electron chi connectivity index (χ3n) is 4.92. The van der Waals surface area contributed by atoms with Gasteiger partial charge in [-0.3, -0.25) is 9.69 Å². The van der Waals surface area contributed by atoms with E-state index in [2.05, 4.69) is 4.99 Å². The molecule has 0 aliphatic carbocycles. The molecule has 0 radical (unpaired) electrons. The average Bonchev–Trinajstić information content (AvgIpc) is 3.20. The Morgan fingerprint density at radius 1 is 1.26 bits per heavy atom. The molecular weight excluding hydrogens is 461 g/mol. The van der Waals surface area contributed by atoms with E-state index >= 15 is 0 Å². The van der Waals surface area contributed by atoms with Gasteiger partial charge in [-0.25, -0.2) is 22.1 Å². The van der Waals surface area contributed by atoms with Gasteiger partial charge in [0.1, 0.15) is 5.82 Å². The quantitative estimate of drug-likeness (QED) is 0.583. The monoisotopic (exact) mass is 483 g/mol. The van der Waals surface area contributed by atoms with Gasteiger partial charge in [-0.1, -0.05) is 29.4 Å². The number of carbonyl (C=O) groups is 1. The molecule has 0 unspecified atom stereocenters. The van der Waals surface area contributed by atoms with Crippen LogP contribution in [-0.2, 0) is 14.8 Å². The standard InChI is InChI=1S/C21H23ClFN3O3S2/c1-15-18(22)5-3-6-19(15)24-21-26(13-14-30-21)20(27)7-4-12-25(2)31(28,29)17-10-8-16(23)9-11-17/h3,5-6,8-11H,4,7,12-14H2,1-2H3. The second kappa shape index (κ2) is 10.1. The summed E-state index contributed by atoms with van der Waals surface area (Å²) in [6.07, 6.45) is 0.553. The van der Waals surface area contributed by atoms with E-state index in [0.29, 0.717) is 23.2 Å². The van der Waals surface area contributed by atoms with Crippen molar-refractivity contribution >= 4 is 50.1 Å². The third-order valence-corrected chi connectivity index (χ3v) is 8.16. The second-order valence-corrected chi connectivity index (χ2v) is 10.6. The van der Waals surface area contributed by atoms with Crippen LogP contribution in [0.4, 0.5) is 10.1 Å². The molecule has 166 valence electrons. The molecule has 0 bridgehead atoms. The lowest BCUT2D eigenvalue weighted by atomic mass is 10.2. The Balaban J connectivity index is 1.60. The lowest BCUT2D eigenvalue weighted by Gasteiger charge is -2.19. The van der Waals surface area contributed by atoms with Gasteiger partial charge in [-0.15, -0.1) is 0 Å². The van der Waals surface area contributed by atoms with Gasteiger partial charge in [0.2, 0.25) is 15.9 Å². The largest absolute Gasteiger partial charge is 0.290 e. The van der Waals surface area contributed by atoms with Crippen LogP contribution in [0.2, 0.25) is 5.02 Å². The Morgan fingerprint density at radius 2 is 1.97 bits per heavy atom. The maximum absolute atomic E-state index is 13.1. The fourth-order valence-electron chi connectivity index (χ4n) is 3.04. The van der Waals surface area contributed by atoms with Gasteiger partial charge in [0, 0.05) is 37.3 Å². The van der Waals surface area contributed by atoms with Crippen LogP contribution in [0.5, 0.6) is 0 Å². The lowest BCUT2D eigenvalue weighted by molar-refractivity contribution is -0.127. The van der Waals surface area contributed by atoms with Gasteiger partial charge in [0.05, 0.1) is 10.6 Å². The molecule has 0 atom stereocenters. The zero-order valence-electron chi connectivity index (χ0n) is 17.2. The van der Waals surface area contributed by atoms with Crippen LogP contribution in [0.3, 0.4) is 0 Å². The number of rotatable bonds is 7. The molecule has 2 aromatic rings. The minimum Gasteiger partial charge on any atom is -0.290 e. The number of sulfonamides is 1. The normalized spacial score (nSPS) is 15.8. The van der Waals surface area contributed by atoms with E-state index in [1.807, 2.05) is 19.1 Å². The summed E-state index contributed by atoms with van der Waals surface area (Å²) in [5.74, 6) is 0.153. The first-order valence-corrected chi connectivity index (χ1v) is 12.5. The first kappa shape index (κ1) is 23.7. The summed E-state index contributed by atoms with van der Waals surface area (Å²) in [5, 5.41) is 1.25. The van der Waals surface area contributed by atoms with Crippen molar-refractivity contribution in [3.8, 4) is 0 Å². The molecule has 0 aromatic heterocycles. The van der Waals surface area contributed by atoms with Gasteiger partial charge >= 0.3 is 0 Å². The van der Waals surface area contributed by atoms with Gasteiger partial charge < -0.3 is 0 Å². The molecule has 1 heterocycles. The number of benzene rings is 2. The van der Waals surface area contributed by atoms with E-state index in [4.69, 9.17) is 11.6 Å². The summed E-state index contributed by atoms with van der Waals surface area (Å²) in [6, 6.07) is 10.1. The van der Waals surface area contributed by atoms with Crippen molar-refractivity contribution in [2.24, 2.45) is 4.99 Å². The molecule has 10 heteroatoms. The van der Waals surface area contributed by atoms with Gasteiger partial charge in [0.15, 0.2) is 5.17 Å². The summed E-state index contributed by atoms with van der Waals surface area (Å²) in [6.45, 7) is 2.61. The highest BCUT2D eigenvalue weighted by Crippen LogP contribution is 2.29. The van der Waals surface area contributed by atoms with E-state index in [-0.39, 0.29) is 23.8 Å². The van der Waals surface area contributed by atoms with Crippen LogP contribution in [-0.4, -0.2) is 54.6 Å². The van der Waals surface area contributed by atoms with Crippen LogP contribution < -0.4 is 0 Å². The minimum atomic E-state index is -3.73. The van der Waals surface area contributed by atoms with Crippen LogP contribution in [0.15, 0.2) is 52.4 Å². The Hall–Kier alpha value is -1.94. The molecule has 31 heavy (non-hydrogen) atoms. The van der Waals surface area contributed by atoms with Gasteiger partial charge in [-0.2, -0.15) is 0 Å². The highest BCUT2D eigenvalue weighted by molar-refractivity contribution is 8.14. The van der Waals surface area contributed by atoms with E-state index in [0.717, 1.165) is 29.1 Å². The number of carbonyl (C=O) groups excluding carboxylic acids is 1. The number of aliphatic imine (C=N–C) groups is 1. The molecule has 1 amide bonds. The van der Waals surface area contributed by atoms with Crippen molar-refractivity contribution in [1.82, 2.24) is 9.21 Å². The molecule has 0 N–H and O–H groups in total. The predicted molar refractivity (Wildman–Crippen MR) is 123 cm³/mol. The Morgan fingerprint density at radius 3 is 2.68 bits per heavy atom. The van der Waals surface area contributed by atoms with E-state index in [1.165, 1.54) is 35.2 Å². The third kappa shape index (κ3) is 5.65. The minimum absolute atomic E-state index is 0.0185. The van der Waals surface area contributed by atoms with Crippen LogP contribution >= 0.6 is 23.4 Å². The molecular formula is C21H23ClFN3O3S2. The van der Waals surface area contributed by atoms with Crippen molar-refractivity contribution in [3.05, 3.63) is 58.9 Å². The van der Waals surface area contributed by atoms with Crippen molar-refractivity contribution in [2.45, 2.75) is 24.7 Å². The fourth-order valence-corrected chi connectivity index (χ4v) is 5.39. The first-order valence-electron chi connectivity index (χ1n) is 9.69. The summed E-state index contributed by atoms with van der Waals surface area (Å²) in [4.78, 5) is 19.0. The molecule has 1 aliphatic heterocycles. The number of hydrogen-bond acceptors (Lipinski definition) is 5. The summed E-state index contributed by atoms with van der Waals surface area (Å²) in [7, 11) is -2.28. The smallest absolute Gasteiger partial charge is 0.242 e. The Bertz CT molecular complexity index is 1090. The van der Waals surface area contributed by atoms with Crippen LogP contribution in [0.1, 0.15) is 18.4 Å². The number of nitrogens with zero attached hydrogens (tertiary/aromatic N) is 3. The topological polar surface area (TPSA) is 70.1 Å². The van der Waals surface area contributed by atoms with Gasteiger partial charge in [-0.05, 0) is 55.3 Å². The molecule has 0 spiro atoms. The number of amides is 1. The zero-order valence-corrected chi connectivity index (χ0v) is 19.6. The molecule has 3 rings (SSSR count). The highest BCUT2D eigenvalue weighted by atomic mass is 35.5. The maximum Gasteiger partial charge on any atom is 0.242 e. The van der Waals surface area contributed by atoms with E-state index < -0.39 is 15.8 Å². The highest BCUT2D eigenvalue weighted by Gasteiger charge is 2.26. The van der Waals surface area contributed by atoms with Crippen molar-refractivity contribution in [3.63, 3.8) is 0 Å². The number of halogens is 2. The molecule has 1 aliphatic rings. The molecule has 1 saturated heterocycles. The molecule has 1 fully saturated rings. The first-order chi connectivity index (χ1) is 14.7. The fraction of sp³-hybridized carbons (Fsp3) is 0.333. The van der Waals surface area contributed by atoms with Crippen LogP contribution in [0, 0.1) is 12.7 Å². The number of thioether (sulfide) groups is 1. The summed E-state index contributed by atoms with van der Waals surface area (Å²) >= 11 is 7.66. The Labute approximate surface area is 191 Å². The van der Waals surface area contributed by atoms with Crippen molar-refractivity contribution in [1.29, 1.82) is 0 Å². The second-order valence-electron chi connectivity index (χ2n) is 7.06. The lowest BCUT2D eigenvalue weighted by Crippen LogP contribution is -2.33. The van der Waals surface area contributed by atoms with Crippen molar-refractivity contribution in [2.75, 3.05) is 25.9 Å². The number of amidine groups is 1. The zero-order chi connectivity index (χ0) is 22.6. The average molecular weight is 484 g/mol. The van der Waals surface area contributed by atoms with Crippen LogP contribution in [0.25, 0.3) is 0 Å². The van der Waals surface area contributed by atoms with Crippen molar-refractivity contribution < 1.29 is 17.6 Å².